The minimum absolute atomic E-state index is 0.149. The Kier molecular flexibility index (Phi) is 5.22. The molecule has 96 valence electrons. The lowest BCUT2D eigenvalue weighted by Gasteiger charge is -2.23. The van der Waals surface area contributed by atoms with Crippen molar-refractivity contribution in [1.29, 1.82) is 0 Å². The first-order chi connectivity index (χ1) is 8.02. The Balaban J connectivity index is 2.71. The van der Waals surface area contributed by atoms with E-state index in [4.69, 9.17) is 10.5 Å². The van der Waals surface area contributed by atoms with Crippen molar-refractivity contribution in [2.45, 2.75) is 26.8 Å². The van der Waals surface area contributed by atoms with Crippen molar-refractivity contribution in [2.75, 3.05) is 24.3 Å². The summed E-state index contributed by atoms with van der Waals surface area (Å²) in [5.41, 5.74) is 6.72. The molecule has 0 saturated heterocycles. The van der Waals surface area contributed by atoms with Crippen LogP contribution < -0.4 is 11.1 Å². The Bertz CT molecular complexity index is 335. The van der Waals surface area contributed by atoms with Crippen molar-refractivity contribution < 1.29 is 9.13 Å². The second-order valence-corrected chi connectivity index (χ2v) is 4.43. The van der Waals surface area contributed by atoms with Gasteiger partial charge in [-0.15, -0.1) is 0 Å². The van der Waals surface area contributed by atoms with Gasteiger partial charge in [-0.2, -0.15) is 0 Å². The van der Waals surface area contributed by atoms with Gasteiger partial charge in [0.2, 0.25) is 0 Å². The quantitative estimate of drug-likeness (QED) is 0.752. The summed E-state index contributed by atoms with van der Waals surface area (Å²) in [6.07, 6.45) is 0. The van der Waals surface area contributed by atoms with Crippen molar-refractivity contribution >= 4 is 11.4 Å². The van der Waals surface area contributed by atoms with E-state index >= 15 is 0 Å². The second kappa shape index (κ2) is 6.45. The molecule has 0 radical (unpaired) electrons. The van der Waals surface area contributed by atoms with E-state index in [0.717, 1.165) is 0 Å². The Morgan fingerprint density at radius 1 is 1.35 bits per heavy atom. The lowest BCUT2D eigenvalue weighted by molar-refractivity contribution is 0.127. The van der Waals surface area contributed by atoms with Crippen molar-refractivity contribution in [3.05, 3.63) is 24.0 Å². The highest BCUT2D eigenvalue weighted by Gasteiger charge is 2.13. The number of nitrogen functional groups attached to an aromatic ring is 1. The SMILES string of the molecule is CCOCC(Nc1cc(N)cc(F)c1)C(C)C. The van der Waals surface area contributed by atoms with Crippen molar-refractivity contribution in [1.82, 2.24) is 0 Å². The molecule has 0 aliphatic rings. The van der Waals surface area contributed by atoms with Gasteiger partial charge in [-0.25, -0.2) is 4.39 Å². The van der Waals surface area contributed by atoms with Crippen LogP contribution in [0.5, 0.6) is 0 Å². The maximum atomic E-state index is 13.2. The molecule has 0 saturated carbocycles. The number of hydrogen-bond donors (Lipinski definition) is 2. The fourth-order valence-corrected chi connectivity index (χ4v) is 1.56. The molecule has 0 heterocycles. The first-order valence-corrected chi connectivity index (χ1v) is 5.93. The van der Waals surface area contributed by atoms with Gasteiger partial charge in [-0.3, -0.25) is 0 Å². The van der Waals surface area contributed by atoms with Crippen molar-refractivity contribution in [3.8, 4) is 0 Å². The number of hydrogen-bond acceptors (Lipinski definition) is 3. The molecular weight excluding hydrogens is 219 g/mol. The summed E-state index contributed by atoms with van der Waals surface area (Å²) in [6.45, 7) is 7.43. The van der Waals surface area contributed by atoms with Gasteiger partial charge in [-0.1, -0.05) is 13.8 Å². The maximum Gasteiger partial charge on any atom is 0.127 e. The number of halogens is 1. The second-order valence-electron chi connectivity index (χ2n) is 4.43. The number of nitrogens with two attached hydrogens (primary N) is 1. The Hall–Kier alpha value is -1.29. The normalized spacial score (nSPS) is 12.8. The minimum Gasteiger partial charge on any atom is -0.399 e. The van der Waals surface area contributed by atoms with Gasteiger partial charge in [0.25, 0.3) is 0 Å². The summed E-state index contributed by atoms with van der Waals surface area (Å²) in [4.78, 5) is 0. The fourth-order valence-electron chi connectivity index (χ4n) is 1.56. The molecule has 0 amide bonds. The number of rotatable bonds is 6. The molecule has 0 aromatic heterocycles. The molecule has 1 unspecified atom stereocenters. The molecule has 3 nitrogen and oxygen atoms in total. The molecule has 0 aliphatic carbocycles. The van der Waals surface area contributed by atoms with E-state index in [0.29, 0.717) is 30.5 Å². The zero-order valence-corrected chi connectivity index (χ0v) is 10.7. The zero-order chi connectivity index (χ0) is 12.8. The third kappa shape index (κ3) is 4.61. The molecule has 0 aliphatic heterocycles. The van der Waals surface area contributed by atoms with Crippen molar-refractivity contribution in [2.24, 2.45) is 5.92 Å². The van der Waals surface area contributed by atoms with Crippen LogP contribution in [0.15, 0.2) is 18.2 Å². The number of ether oxygens (including phenoxy) is 1. The summed E-state index contributed by atoms with van der Waals surface area (Å²) in [5.74, 6) is 0.0671. The van der Waals surface area contributed by atoms with Crippen LogP contribution in [0.25, 0.3) is 0 Å². The predicted octanol–water partition coefficient (Wildman–Crippen LogP) is 2.88. The van der Waals surface area contributed by atoms with E-state index in [9.17, 15) is 4.39 Å². The predicted molar refractivity (Wildman–Crippen MR) is 69.6 cm³/mol. The van der Waals surface area contributed by atoms with Crippen LogP contribution in [0, 0.1) is 11.7 Å². The molecule has 0 bridgehead atoms. The highest BCUT2D eigenvalue weighted by atomic mass is 19.1. The molecule has 1 atom stereocenters. The van der Waals surface area contributed by atoms with Crippen LogP contribution in [0.4, 0.5) is 15.8 Å². The van der Waals surface area contributed by atoms with Crippen LogP contribution in [-0.2, 0) is 4.74 Å². The van der Waals surface area contributed by atoms with Gasteiger partial charge >= 0.3 is 0 Å². The Morgan fingerprint density at radius 3 is 2.59 bits per heavy atom. The average molecular weight is 240 g/mol. The van der Waals surface area contributed by atoms with Crippen LogP contribution >= 0.6 is 0 Å². The van der Waals surface area contributed by atoms with E-state index in [-0.39, 0.29) is 11.9 Å². The lowest BCUT2D eigenvalue weighted by Crippen LogP contribution is -2.31. The lowest BCUT2D eigenvalue weighted by atomic mass is 10.0. The highest BCUT2D eigenvalue weighted by Crippen LogP contribution is 2.18. The number of anilines is 2. The topological polar surface area (TPSA) is 47.3 Å². The molecule has 0 spiro atoms. The smallest absolute Gasteiger partial charge is 0.127 e. The van der Waals surface area contributed by atoms with Gasteiger partial charge in [0.1, 0.15) is 5.82 Å². The van der Waals surface area contributed by atoms with Crippen LogP contribution in [-0.4, -0.2) is 19.3 Å². The monoisotopic (exact) mass is 240 g/mol. The third-order valence-electron chi connectivity index (χ3n) is 2.58. The molecule has 0 fully saturated rings. The Morgan fingerprint density at radius 2 is 2.06 bits per heavy atom. The van der Waals surface area contributed by atoms with Crippen LogP contribution in [0.3, 0.4) is 0 Å². The van der Waals surface area contributed by atoms with E-state index < -0.39 is 0 Å². The van der Waals surface area contributed by atoms with Gasteiger partial charge in [-0.05, 0) is 31.0 Å². The number of benzene rings is 1. The van der Waals surface area contributed by atoms with Gasteiger partial charge in [0, 0.05) is 18.0 Å². The first kappa shape index (κ1) is 13.8. The zero-order valence-electron chi connectivity index (χ0n) is 10.7. The third-order valence-corrected chi connectivity index (χ3v) is 2.58. The largest absolute Gasteiger partial charge is 0.399 e. The maximum absolute atomic E-state index is 13.2. The number of nitrogens with one attached hydrogen (secondary N) is 1. The fraction of sp³-hybridized carbons (Fsp3) is 0.538. The molecule has 3 N–H and O–H groups in total. The standard InChI is InChI=1S/C13H21FN2O/c1-4-17-8-13(9(2)3)16-12-6-10(14)5-11(15)7-12/h5-7,9,13,16H,4,8,15H2,1-3H3. The summed E-state index contributed by atoms with van der Waals surface area (Å²) in [5, 5.41) is 3.25. The van der Waals surface area contributed by atoms with E-state index in [2.05, 4.69) is 19.2 Å². The molecule has 1 aromatic rings. The molecule has 17 heavy (non-hydrogen) atoms. The van der Waals surface area contributed by atoms with Crippen LogP contribution in [0.1, 0.15) is 20.8 Å². The molecule has 1 aromatic carbocycles. The van der Waals surface area contributed by atoms with Crippen molar-refractivity contribution in [3.63, 3.8) is 0 Å². The summed E-state index contributed by atoms with van der Waals surface area (Å²) < 4.78 is 18.6. The van der Waals surface area contributed by atoms with E-state index in [1.165, 1.54) is 12.1 Å². The average Bonchev–Trinajstić information content (AvgIpc) is 2.22. The Labute approximate surface area is 102 Å². The molecule has 4 heteroatoms. The summed E-state index contributed by atoms with van der Waals surface area (Å²) in [6, 6.07) is 4.62. The molecular formula is C13H21FN2O. The van der Waals surface area contributed by atoms with Gasteiger partial charge < -0.3 is 15.8 Å². The van der Waals surface area contributed by atoms with Crippen LogP contribution in [0.2, 0.25) is 0 Å². The summed E-state index contributed by atoms with van der Waals surface area (Å²) in [7, 11) is 0. The first-order valence-electron chi connectivity index (χ1n) is 5.93. The summed E-state index contributed by atoms with van der Waals surface area (Å²) >= 11 is 0. The highest BCUT2D eigenvalue weighted by molar-refractivity contribution is 5.55. The van der Waals surface area contributed by atoms with E-state index in [1.54, 1.807) is 6.07 Å². The van der Waals surface area contributed by atoms with E-state index in [1.807, 2.05) is 6.92 Å². The van der Waals surface area contributed by atoms with Gasteiger partial charge in [0.15, 0.2) is 0 Å². The molecule has 1 rings (SSSR count). The minimum atomic E-state index is -0.327. The van der Waals surface area contributed by atoms with Gasteiger partial charge in [0.05, 0.1) is 12.6 Å².